The third-order valence-corrected chi connectivity index (χ3v) is 3.59. The van der Waals surface area contributed by atoms with Crippen LogP contribution in [0.1, 0.15) is 26.0 Å². The van der Waals surface area contributed by atoms with Gasteiger partial charge in [-0.25, -0.2) is 0 Å². The zero-order chi connectivity index (χ0) is 13.1. The summed E-state index contributed by atoms with van der Waals surface area (Å²) in [5, 5.41) is 7.85. The highest BCUT2D eigenvalue weighted by atomic mass is 35.5. The number of hydrogen-bond acceptors (Lipinski definition) is 2. The molecule has 0 aliphatic rings. The van der Waals surface area contributed by atoms with Crippen LogP contribution in [0.5, 0.6) is 0 Å². The van der Waals surface area contributed by atoms with Crippen molar-refractivity contribution in [3.05, 3.63) is 35.0 Å². The first-order valence-corrected chi connectivity index (χ1v) is 6.58. The van der Waals surface area contributed by atoms with Gasteiger partial charge in [0.2, 0.25) is 0 Å². The molecule has 0 saturated carbocycles. The molecule has 0 amide bonds. The number of H-pyrrole nitrogens is 1. The molecule has 96 valence electrons. The SMILES string of the molecule is CCC(C)Cc1[nH]nc(N)c1-c1ccccc1Cl. The minimum atomic E-state index is 0.515. The van der Waals surface area contributed by atoms with Crippen molar-refractivity contribution in [2.45, 2.75) is 26.7 Å². The van der Waals surface area contributed by atoms with E-state index in [2.05, 4.69) is 24.0 Å². The smallest absolute Gasteiger partial charge is 0.153 e. The lowest BCUT2D eigenvalue weighted by atomic mass is 9.97. The minimum Gasteiger partial charge on any atom is -0.382 e. The van der Waals surface area contributed by atoms with Crippen LogP contribution in [-0.2, 0) is 6.42 Å². The quantitative estimate of drug-likeness (QED) is 0.879. The largest absolute Gasteiger partial charge is 0.382 e. The number of aromatic nitrogens is 2. The summed E-state index contributed by atoms with van der Waals surface area (Å²) < 4.78 is 0. The van der Waals surface area contributed by atoms with Gasteiger partial charge in [-0.05, 0) is 18.4 Å². The summed E-state index contributed by atoms with van der Waals surface area (Å²) >= 11 is 6.23. The first-order valence-electron chi connectivity index (χ1n) is 6.21. The highest BCUT2D eigenvalue weighted by Crippen LogP contribution is 2.34. The molecule has 1 aromatic carbocycles. The van der Waals surface area contributed by atoms with Crippen LogP contribution in [0.25, 0.3) is 11.1 Å². The Kier molecular flexibility index (Phi) is 3.92. The van der Waals surface area contributed by atoms with E-state index in [4.69, 9.17) is 17.3 Å². The predicted octanol–water partition coefficient (Wildman–Crippen LogP) is 3.90. The molecule has 18 heavy (non-hydrogen) atoms. The van der Waals surface area contributed by atoms with Gasteiger partial charge in [0.15, 0.2) is 5.82 Å². The summed E-state index contributed by atoms with van der Waals surface area (Å²) in [4.78, 5) is 0. The van der Waals surface area contributed by atoms with Crippen molar-refractivity contribution in [1.82, 2.24) is 10.2 Å². The van der Waals surface area contributed by atoms with Gasteiger partial charge in [-0.3, -0.25) is 5.10 Å². The fraction of sp³-hybridized carbons (Fsp3) is 0.357. The molecule has 1 atom stereocenters. The van der Waals surface area contributed by atoms with Crippen molar-refractivity contribution < 1.29 is 0 Å². The van der Waals surface area contributed by atoms with E-state index in [0.717, 1.165) is 29.7 Å². The number of nitrogens with one attached hydrogen (secondary N) is 1. The Bertz CT molecular complexity index is 534. The van der Waals surface area contributed by atoms with E-state index >= 15 is 0 Å². The van der Waals surface area contributed by atoms with Crippen LogP contribution < -0.4 is 5.73 Å². The third-order valence-electron chi connectivity index (χ3n) is 3.26. The number of nitrogen functional groups attached to an aromatic ring is 1. The van der Waals surface area contributed by atoms with E-state index < -0.39 is 0 Å². The summed E-state index contributed by atoms with van der Waals surface area (Å²) in [5.74, 6) is 1.10. The average molecular weight is 264 g/mol. The molecule has 0 fully saturated rings. The first kappa shape index (κ1) is 13.0. The number of nitrogens with zero attached hydrogens (tertiary/aromatic N) is 1. The molecule has 2 rings (SSSR count). The molecule has 1 aromatic heterocycles. The lowest BCUT2D eigenvalue weighted by molar-refractivity contribution is 0.552. The Labute approximate surface area is 112 Å². The third kappa shape index (κ3) is 2.51. The van der Waals surface area contributed by atoms with Gasteiger partial charge in [-0.2, -0.15) is 5.10 Å². The van der Waals surface area contributed by atoms with Crippen molar-refractivity contribution in [2.24, 2.45) is 5.92 Å². The molecule has 1 unspecified atom stereocenters. The van der Waals surface area contributed by atoms with Crippen LogP contribution >= 0.6 is 11.6 Å². The Morgan fingerprint density at radius 2 is 2.11 bits per heavy atom. The topological polar surface area (TPSA) is 54.7 Å². The molecule has 3 N–H and O–H groups in total. The lowest BCUT2D eigenvalue weighted by Gasteiger charge is -2.10. The number of hydrogen-bond donors (Lipinski definition) is 2. The Hall–Kier alpha value is -1.48. The number of benzene rings is 1. The molecule has 0 aliphatic heterocycles. The number of anilines is 1. The van der Waals surface area contributed by atoms with Gasteiger partial charge in [0, 0.05) is 21.8 Å². The van der Waals surface area contributed by atoms with Gasteiger partial charge in [0.25, 0.3) is 0 Å². The fourth-order valence-corrected chi connectivity index (χ4v) is 2.23. The fourth-order valence-electron chi connectivity index (χ4n) is 2.00. The van der Waals surface area contributed by atoms with Crippen LogP contribution in [0.4, 0.5) is 5.82 Å². The monoisotopic (exact) mass is 263 g/mol. The summed E-state index contributed by atoms with van der Waals surface area (Å²) in [6.07, 6.45) is 2.06. The maximum atomic E-state index is 6.23. The molecule has 0 bridgehead atoms. The molecule has 2 aromatic rings. The minimum absolute atomic E-state index is 0.515. The molecule has 1 heterocycles. The van der Waals surface area contributed by atoms with Crippen molar-refractivity contribution in [3.8, 4) is 11.1 Å². The van der Waals surface area contributed by atoms with Crippen LogP contribution in [0.3, 0.4) is 0 Å². The maximum absolute atomic E-state index is 6.23. The summed E-state index contributed by atoms with van der Waals surface area (Å²) in [7, 11) is 0. The molecule has 0 aliphatic carbocycles. The molecule has 4 heteroatoms. The second-order valence-electron chi connectivity index (χ2n) is 4.66. The predicted molar refractivity (Wildman–Crippen MR) is 76.6 cm³/mol. The van der Waals surface area contributed by atoms with Gasteiger partial charge in [0.05, 0.1) is 0 Å². The molecule has 0 saturated heterocycles. The van der Waals surface area contributed by atoms with E-state index in [1.54, 1.807) is 0 Å². The van der Waals surface area contributed by atoms with Crippen molar-refractivity contribution in [1.29, 1.82) is 0 Å². The number of halogens is 1. The van der Waals surface area contributed by atoms with Crippen LogP contribution in [0.2, 0.25) is 5.02 Å². The Morgan fingerprint density at radius 1 is 1.39 bits per heavy atom. The van der Waals surface area contributed by atoms with E-state index in [1.165, 1.54) is 0 Å². The number of nitrogens with two attached hydrogens (primary N) is 1. The number of aromatic amines is 1. The summed E-state index contributed by atoms with van der Waals surface area (Å²) in [6, 6.07) is 7.72. The van der Waals surface area contributed by atoms with Gasteiger partial charge in [-0.15, -0.1) is 0 Å². The van der Waals surface area contributed by atoms with Gasteiger partial charge in [-0.1, -0.05) is 50.1 Å². The lowest BCUT2D eigenvalue weighted by Crippen LogP contribution is -2.00. The maximum Gasteiger partial charge on any atom is 0.153 e. The zero-order valence-corrected chi connectivity index (χ0v) is 11.5. The highest BCUT2D eigenvalue weighted by molar-refractivity contribution is 6.33. The normalized spacial score (nSPS) is 12.6. The standard InChI is InChI=1S/C14H18ClN3/c1-3-9(2)8-12-13(14(16)18-17-12)10-6-4-5-7-11(10)15/h4-7,9H,3,8H2,1-2H3,(H3,16,17,18). The molecule has 0 radical (unpaired) electrons. The van der Waals surface area contributed by atoms with Gasteiger partial charge < -0.3 is 5.73 Å². The summed E-state index contributed by atoms with van der Waals surface area (Å²) in [6.45, 7) is 4.40. The van der Waals surface area contributed by atoms with Gasteiger partial charge >= 0.3 is 0 Å². The second-order valence-corrected chi connectivity index (χ2v) is 5.07. The number of rotatable bonds is 4. The Balaban J connectivity index is 2.44. The average Bonchev–Trinajstić information content (AvgIpc) is 2.71. The van der Waals surface area contributed by atoms with Crippen LogP contribution in [-0.4, -0.2) is 10.2 Å². The zero-order valence-electron chi connectivity index (χ0n) is 10.7. The van der Waals surface area contributed by atoms with Crippen LogP contribution in [0.15, 0.2) is 24.3 Å². The van der Waals surface area contributed by atoms with Crippen LogP contribution in [0, 0.1) is 5.92 Å². The van der Waals surface area contributed by atoms with E-state index in [1.807, 2.05) is 24.3 Å². The van der Waals surface area contributed by atoms with Gasteiger partial charge in [0.1, 0.15) is 0 Å². The molecular formula is C14H18ClN3. The molecule has 3 nitrogen and oxygen atoms in total. The van der Waals surface area contributed by atoms with E-state index in [9.17, 15) is 0 Å². The molecule has 0 spiro atoms. The summed E-state index contributed by atoms with van der Waals surface area (Å²) in [5.41, 5.74) is 8.92. The van der Waals surface area contributed by atoms with E-state index in [-0.39, 0.29) is 0 Å². The molecular weight excluding hydrogens is 246 g/mol. The first-order chi connectivity index (χ1) is 8.63. The highest BCUT2D eigenvalue weighted by Gasteiger charge is 2.16. The van der Waals surface area contributed by atoms with E-state index in [0.29, 0.717) is 16.8 Å². The van der Waals surface area contributed by atoms with Crippen molar-refractivity contribution in [3.63, 3.8) is 0 Å². The second kappa shape index (κ2) is 5.44. The van der Waals surface area contributed by atoms with Crippen molar-refractivity contribution in [2.75, 3.05) is 5.73 Å². The Morgan fingerprint density at radius 3 is 2.78 bits per heavy atom. The van der Waals surface area contributed by atoms with Crippen molar-refractivity contribution >= 4 is 17.4 Å².